The Bertz CT molecular complexity index is 902. The molecule has 3 rings (SSSR count). The number of thiazole rings is 1. The van der Waals surface area contributed by atoms with Gasteiger partial charge in [0.05, 0.1) is 21.6 Å². The smallest absolute Gasteiger partial charge is 0.231 e. The minimum absolute atomic E-state index is 0.0822. The van der Waals surface area contributed by atoms with Crippen molar-refractivity contribution in [3.05, 3.63) is 34.4 Å². The maximum absolute atomic E-state index is 12.6. The number of rotatable bonds is 6. The summed E-state index contributed by atoms with van der Waals surface area (Å²) >= 11 is 5.99. The van der Waals surface area contributed by atoms with Gasteiger partial charge in [0.2, 0.25) is 17.7 Å². The summed E-state index contributed by atoms with van der Waals surface area (Å²) < 4.78 is 1.71. The molecule has 0 radical (unpaired) electrons. The molecule has 1 unspecified atom stereocenters. The van der Waals surface area contributed by atoms with Crippen LogP contribution in [0.5, 0.6) is 0 Å². The zero-order valence-electron chi connectivity index (χ0n) is 14.4. The third-order valence-electron chi connectivity index (χ3n) is 3.95. The Morgan fingerprint density at radius 2 is 2.26 bits per heavy atom. The van der Waals surface area contributed by atoms with Crippen LogP contribution in [0.3, 0.4) is 0 Å². The Kier molecular flexibility index (Phi) is 6.18. The second kappa shape index (κ2) is 8.41. The Labute approximate surface area is 172 Å². The van der Waals surface area contributed by atoms with E-state index in [1.807, 2.05) is 31.2 Å². The van der Waals surface area contributed by atoms with E-state index in [1.165, 1.54) is 23.1 Å². The lowest BCUT2D eigenvalue weighted by Crippen LogP contribution is -2.28. The number of aryl methyl sites for hydroxylation is 1. The number of aromatic nitrogens is 1. The van der Waals surface area contributed by atoms with Gasteiger partial charge in [-0.2, -0.15) is 0 Å². The number of anilines is 2. The van der Waals surface area contributed by atoms with Crippen LogP contribution in [0.4, 0.5) is 10.8 Å². The molecular formula is C17H17BrN4O3S2. The van der Waals surface area contributed by atoms with Crippen LogP contribution in [-0.4, -0.2) is 35.0 Å². The van der Waals surface area contributed by atoms with Gasteiger partial charge < -0.3 is 16.0 Å². The third-order valence-corrected chi connectivity index (χ3v) is 6.90. The largest absolute Gasteiger partial charge is 0.369 e. The zero-order valence-corrected chi connectivity index (χ0v) is 17.6. The molecule has 10 heteroatoms. The first-order chi connectivity index (χ1) is 12.8. The fourth-order valence-electron chi connectivity index (χ4n) is 2.69. The minimum atomic E-state index is -0.442. The number of primary amides is 1. The number of hydrogen-bond donors (Lipinski definition) is 2. The van der Waals surface area contributed by atoms with Gasteiger partial charge in [-0.1, -0.05) is 33.3 Å². The molecule has 0 spiro atoms. The summed E-state index contributed by atoms with van der Waals surface area (Å²) in [6, 6.07) is 7.43. The molecule has 1 fully saturated rings. The van der Waals surface area contributed by atoms with E-state index < -0.39 is 11.8 Å². The number of nitrogens with zero attached hydrogens (tertiary/aromatic N) is 2. The van der Waals surface area contributed by atoms with Crippen molar-refractivity contribution in [1.29, 1.82) is 0 Å². The molecule has 1 aromatic carbocycles. The van der Waals surface area contributed by atoms with Crippen LogP contribution in [0.1, 0.15) is 12.1 Å². The van der Waals surface area contributed by atoms with Crippen LogP contribution in [-0.2, 0) is 14.4 Å². The Hall–Kier alpha value is -1.91. The molecule has 1 aromatic heterocycles. The summed E-state index contributed by atoms with van der Waals surface area (Å²) in [6.07, 6.45) is 0.159. The van der Waals surface area contributed by atoms with E-state index in [0.717, 1.165) is 20.1 Å². The van der Waals surface area contributed by atoms with Gasteiger partial charge in [0.1, 0.15) is 0 Å². The van der Waals surface area contributed by atoms with Crippen molar-refractivity contribution in [1.82, 2.24) is 4.98 Å². The third kappa shape index (κ3) is 4.88. The van der Waals surface area contributed by atoms with Crippen molar-refractivity contribution in [2.45, 2.75) is 17.6 Å². The zero-order chi connectivity index (χ0) is 19.6. The van der Waals surface area contributed by atoms with Gasteiger partial charge in [0.15, 0.2) is 5.13 Å². The molecule has 27 heavy (non-hydrogen) atoms. The lowest BCUT2D eigenvalue weighted by Gasteiger charge is -2.16. The molecule has 1 atom stereocenters. The predicted molar refractivity (Wildman–Crippen MR) is 110 cm³/mol. The minimum Gasteiger partial charge on any atom is -0.369 e. The van der Waals surface area contributed by atoms with E-state index >= 15 is 0 Å². The van der Waals surface area contributed by atoms with E-state index in [4.69, 9.17) is 5.73 Å². The van der Waals surface area contributed by atoms with Crippen LogP contribution < -0.4 is 16.0 Å². The number of carbonyl (C=O) groups excluding carboxylic acids is 3. The quantitative estimate of drug-likeness (QED) is 0.633. The van der Waals surface area contributed by atoms with Gasteiger partial charge in [-0.3, -0.25) is 14.4 Å². The number of benzene rings is 1. The molecule has 3 N–H and O–H groups in total. The monoisotopic (exact) mass is 468 g/mol. The molecule has 0 aliphatic carbocycles. The first kappa shape index (κ1) is 19.8. The fraction of sp³-hybridized carbons (Fsp3) is 0.294. The van der Waals surface area contributed by atoms with Crippen LogP contribution in [0, 0.1) is 12.8 Å². The molecular weight excluding hydrogens is 452 g/mol. The van der Waals surface area contributed by atoms with Crippen molar-refractivity contribution in [2.24, 2.45) is 11.7 Å². The normalized spacial score (nSPS) is 16.6. The molecule has 7 nitrogen and oxygen atoms in total. The van der Waals surface area contributed by atoms with Gasteiger partial charge in [0.25, 0.3) is 0 Å². The van der Waals surface area contributed by atoms with E-state index in [2.05, 4.69) is 26.2 Å². The number of nitrogens with two attached hydrogens (primary N) is 1. The number of thioether (sulfide) groups is 1. The lowest BCUT2D eigenvalue weighted by atomic mass is 10.1. The topological polar surface area (TPSA) is 105 Å². The lowest BCUT2D eigenvalue weighted by molar-refractivity contribution is -0.122. The number of carbonyl (C=O) groups is 3. The van der Waals surface area contributed by atoms with Crippen molar-refractivity contribution < 1.29 is 14.4 Å². The van der Waals surface area contributed by atoms with Crippen LogP contribution in [0.2, 0.25) is 0 Å². The molecule has 0 saturated carbocycles. The van der Waals surface area contributed by atoms with Crippen molar-refractivity contribution >= 4 is 67.6 Å². The average molecular weight is 469 g/mol. The number of amides is 3. The fourth-order valence-corrected chi connectivity index (χ4v) is 4.96. The summed E-state index contributed by atoms with van der Waals surface area (Å²) in [6.45, 7) is 2.14. The summed E-state index contributed by atoms with van der Waals surface area (Å²) in [5.41, 5.74) is 6.66. The summed E-state index contributed by atoms with van der Waals surface area (Å²) in [5, 5.41) is 3.24. The highest BCUT2D eigenvalue weighted by Crippen LogP contribution is 2.33. The SMILES string of the molecule is Cc1nc(NC(=O)C2CC(=O)N(c3cccc(Br)c3)C2)sc1SCC(N)=O. The van der Waals surface area contributed by atoms with E-state index in [9.17, 15) is 14.4 Å². The summed E-state index contributed by atoms with van der Waals surface area (Å²) in [4.78, 5) is 41.8. The predicted octanol–water partition coefficient (Wildman–Crippen LogP) is 2.78. The number of nitrogens with one attached hydrogen (secondary N) is 1. The summed E-state index contributed by atoms with van der Waals surface area (Å²) in [7, 11) is 0. The van der Waals surface area contributed by atoms with Gasteiger partial charge in [0, 0.05) is 23.1 Å². The molecule has 1 aliphatic heterocycles. The van der Waals surface area contributed by atoms with Gasteiger partial charge in [-0.05, 0) is 25.1 Å². The Balaban J connectivity index is 1.64. The van der Waals surface area contributed by atoms with Crippen LogP contribution >= 0.6 is 39.0 Å². The van der Waals surface area contributed by atoms with E-state index in [-0.39, 0.29) is 24.0 Å². The number of halogens is 1. The summed E-state index contributed by atoms with van der Waals surface area (Å²) in [5.74, 6) is -1.00. The maximum atomic E-state index is 12.6. The number of hydrogen-bond acceptors (Lipinski definition) is 6. The van der Waals surface area contributed by atoms with Crippen molar-refractivity contribution in [2.75, 3.05) is 22.5 Å². The second-order valence-electron chi connectivity index (χ2n) is 6.02. The average Bonchev–Trinajstić information content (AvgIpc) is 3.15. The van der Waals surface area contributed by atoms with Crippen molar-refractivity contribution in [3.8, 4) is 0 Å². The molecule has 2 heterocycles. The van der Waals surface area contributed by atoms with Gasteiger partial charge in [-0.15, -0.1) is 11.8 Å². The van der Waals surface area contributed by atoms with Gasteiger partial charge >= 0.3 is 0 Å². The second-order valence-corrected chi connectivity index (χ2v) is 9.18. The standard InChI is InChI=1S/C17H17BrN4O3S2/c1-9-16(26-8-13(19)23)27-17(20-9)21-15(25)10-5-14(24)22(7-10)12-4-2-3-11(18)6-12/h2-4,6,10H,5,7-8H2,1H3,(H2,19,23)(H,20,21,25). The Morgan fingerprint density at radius 3 is 2.96 bits per heavy atom. The van der Waals surface area contributed by atoms with Gasteiger partial charge in [-0.25, -0.2) is 4.98 Å². The molecule has 3 amide bonds. The molecule has 1 saturated heterocycles. The van der Waals surface area contributed by atoms with Crippen molar-refractivity contribution in [3.63, 3.8) is 0 Å². The first-order valence-corrected chi connectivity index (χ1v) is 10.7. The van der Waals surface area contributed by atoms with Crippen LogP contribution in [0.25, 0.3) is 0 Å². The highest BCUT2D eigenvalue weighted by atomic mass is 79.9. The molecule has 2 aromatic rings. The highest BCUT2D eigenvalue weighted by molar-refractivity contribution is 9.10. The molecule has 0 bridgehead atoms. The molecule has 142 valence electrons. The Morgan fingerprint density at radius 1 is 1.48 bits per heavy atom. The molecule has 1 aliphatic rings. The first-order valence-electron chi connectivity index (χ1n) is 8.09. The van der Waals surface area contributed by atoms with Crippen LogP contribution in [0.15, 0.2) is 32.9 Å². The van der Waals surface area contributed by atoms with E-state index in [0.29, 0.717) is 11.7 Å². The van der Waals surface area contributed by atoms with E-state index in [1.54, 1.807) is 4.90 Å². The maximum Gasteiger partial charge on any atom is 0.231 e. The highest BCUT2D eigenvalue weighted by Gasteiger charge is 2.35.